The van der Waals surface area contributed by atoms with Gasteiger partial charge in [-0.15, -0.1) is 0 Å². The van der Waals surface area contributed by atoms with E-state index in [0.29, 0.717) is 18.7 Å². The van der Waals surface area contributed by atoms with Crippen LogP contribution in [0.3, 0.4) is 0 Å². The lowest BCUT2D eigenvalue weighted by molar-refractivity contribution is 0.0773. The summed E-state index contributed by atoms with van der Waals surface area (Å²) in [7, 11) is 0. The lowest BCUT2D eigenvalue weighted by atomic mass is 9.87. The first-order chi connectivity index (χ1) is 19.0. The molecule has 1 aliphatic heterocycles. The molecule has 7 heteroatoms. The lowest BCUT2D eigenvalue weighted by Crippen LogP contribution is -2.37. The third-order valence-corrected chi connectivity index (χ3v) is 8.16. The molecule has 1 amide bonds. The first kappa shape index (κ1) is 26.9. The number of para-hydroxylation sites is 2. The summed E-state index contributed by atoms with van der Waals surface area (Å²) in [6.45, 7) is 8.08. The predicted molar refractivity (Wildman–Crippen MR) is 154 cm³/mol. The Labute approximate surface area is 229 Å². The van der Waals surface area contributed by atoms with Crippen molar-refractivity contribution in [1.29, 1.82) is 0 Å². The van der Waals surface area contributed by atoms with Crippen molar-refractivity contribution in [1.82, 2.24) is 19.4 Å². The number of aromatic amines is 1. The minimum Gasteiger partial charge on any atom is -0.339 e. The van der Waals surface area contributed by atoms with Gasteiger partial charge in [0.05, 0.1) is 11.0 Å². The van der Waals surface area contributed by atoms with Crippen LogP contribution in [-0.2, 0) is 0 Å². The highest BCUT2D eigenvalue weighted by atomic mass is 19.1. The summed E-state index contributed by atoms with van der Waals surface area (Å²) < 4.78 is 15.6. The van der Waals surface area contributed by atoms with Gasteiger partial charge in [-0.3, -0.25) is 9.36 Å². The Balaban J connectivity index is 1.28. The molecule has 2 heterocycles. The molecule has 4 aromatic rings. The molecular weight excluding hydrogens is 491 g/mol. The van der Waals surface area contributed by atoms with Crippen molar-refractivity contribution in [2.45, 2.75) is 45.1 Å². The number of amides is 1. The highest BCUT2D eigenvalue weighted by Gasteiger charge is 2.25. The topological polar surface area (TPSA) is 61.3 Å². The molecule has 1 saturated heterocycles. The monoisotopic (exact) mass is 528 g/mol. The van der Waals surface area contributed by atoms with E-state index in [1.807, 2.05) is 84.0 Å². The second kappa shape index (κ2) is 12.0. The van der Waals surface area contributed by atoms with Gasteiger partial charge >= 0.3 is 5.69 Å². The van der Waals surface area contributed by atoms with Gasteiger partial charge in [-0.25, -0.2) is 9.18 Å². The number of nitrogens with zero attached hydrogens (tertiary/aromatic N) is 3. The van der Waals surface area contributed by atoms with Gasteiger partial charge in [-0.2, -0.15) is 0 Å². The van der Waals surface area contributed by atoms with Gasteiger partial charge < -0.3 is 14.8 Å². The lowest BCUT2D eigenvalue weighted by Gasteiger charge is -2.33. The number of hydrogen-bond acceptors (Lipinski definition) is 3. The van der Waals surface area contributed by atoms with E-state index in [9.17, 15) is 14.0 Å². The van der Waals surface area contributed by atoms with E-state index in [-0.39, 0.29) is 29.4 Å². The van der Waals surface area contributed by atoms with E-state index in [4.69, 9.17) is 0 Å². The Morgan fingerprint density at radius 3 is 2.21 bits per heavy atom. The SMILES string of the molecule is CCN(CC)C(=O)c1ccc(C(CCN2CCC(n3c(=O)[nH]c4ccccc43)CC2)c2ccc(F)cc2)cc1. The van der Waals surface area contributed by atoms with Crippen molar-refractivity contribution < 1.29 is 9.18 Å². The number of H-pyrrole nitrogens is 1. The molecule has 1 atom stereocenters. The predicted octanol–water partition coefficient (Wildman–Crippen LogP) is 5.81. The molecule has 0 radical (unpaired) electrons. The van der Waals surface area contributed by atoms with Crippen molar-refractivity contribution >= 4 is 16.9 Å². The van der Waals surface area contributed by atoms with Crippen LogP contribution >= 0.6 is 0 Å². The zero-order chi connectivity index (χ0) is 27.4. The van der Waals surface area contributed by atoms with E-state index >= 15 is 0 Å². The third-order valence-electron chi connectivity index (χ3n) is 8.16. The Hall–Kier alpha value is -3.71. The molecule has 0 spiro atoms. The van der Waals surface area contributed by atoms with Crippen LogP contribution < -0.4 is 5.69 Å². The fourth-order valence-electron chi connectivity index (χ4n) is 5.92. The van der Waals surface area contributed by atoms with Gasteiger partial charge in [0.15, 0.2) is 0 Å². The van der Waals surface area contributed by atoms with Gasteiger partial charge in [-0.1, -0.05) is 36.4 Å². The number of benzene rings is 3. The molecule has 0 bridgehead atoms. The first-order valence-electron chi connectivity index (χ1n) is 14.0. The molecule has 0 saturated carbocycles. The number of rotatable bonds is 9. The number of fused-ring (bicyclic) bond motifs is 1. The summed E-state index contributed by atoms with van der Waals surface area (Å²) in [4.78, 5) is 32.7. The second-order valence-electron chi connectivity index (χ2n) is 10.4. The summed E-state index contributed by atoms with van der Waals surface area (Å²) in [6.07, 6.45) is 2.73. The molecule has 0 aliphatic carbocycles. The maximum atomic E-state index is 13.7. The van der Waals surface area contributed by atoms with Crippen LogP contribution in [0.5, 0.6) is 0 Å². The molecule has 1 N–H and O–H groups in total. The van der Waals surface area contributed by atoms with Gasteiger partial charge in [0.2, 0.25) is 0 Å². The number of aromatic nitrogens is 2. The molecule has 204 valence electrons. The third kappa shape index (κ3) is 5.83. The summed E-state index contributed by atoms with van der Waals surface area (Å²) in [5, 5.41) is 0. The van der Waals surface area contributed by atoms with Gasteiger partial charge in [-0.05, 0) is 87.2 Å². The number of likely N-dealkylation sites (tertiary alicyclic amines) is 1. The highest BCUT2D eigenvalue weighted by molar-refractivity contribution is 5.94. The molecule has 3 aromatic carbocycles. The van der Waals surface area contributed by atoms with Crippen LogP contribution in [0.1, 0.15) is 66.6 Å². The van der Waals surface area contributed by atoms with Crippen LogP contribution in [0.15, 0.2) is 77.6 Å². The molecular formula is C32H37FN4O2. The van der Waals surface area contributed by atoms with Crippen LogP contribution in [0.2, 0.25) is 0 Å². The van der Waals surface area contributed by atoms with E-state index in [1.54, 1.807) is 0 Å². The van der Waals surface area contributed by atoms with Crippen molar-refractivity contribution in [2.24, 2.45) is 0 Å². The van der Waals surface area contributed by atoms with Crippen LogP contribution in [0.4, 0.5) is 4.39 Å². The molecule has 39 heavy (non-hydrogen) atoms. The zero-order valence-corrected chi connectivity index (χ0v) is 22.8. The summed E-state index contributed by atoms with van der Waals surface area (Å²) >= 11 is 0. The smallest absolute Gasteiger partial charge is 0.326 e. The maximum absolute atomic E-state index is 13.7. The highest BCUT2D eigenvalue weighted by Crippen LogP contribution is 2.31. The quantitative estimate of drug-likeness (QED) is 0.298. The molecule has 1 unspecified atom stereocenters. The van der Waals surface area contributed by atoms with Crippen molar-refractivity contribution in [3.8, 4) is 0 Å². The molecule has 5 rings (SSSR count). The number of carbonyl (C=O) groups excluding carboxylic acids is 1. The van der Waals surface area contributed by atoms with E-state index in [0.717, 1.165) is 61.1 Å². The van der Waals surface area contributed by atoms with Gasteiger partial charge in [0.1, 0.15) is 5.82 Å². The van der Waals surface area contributed by atoms with Crippen molar-refractivity contribution in [3.63, 3.8) is 0 Å². The standard InChI is InChI=1S/C32H37FN4O2/c1-3-36(4-2)31(38)25-11-9-23(10-12-25)28(24-13-15-26(33)16-14-24)19-22-35-20-17-27(18-21-35)37-30-8-6-5-7-29(30)34-32(37)39/h5-16,27-28H,3-4,17-22H2,1-2H3,(H,34,39). The first-order valence-corrected chi connectivity index (χ1v) is 14.0. The van der Waals surface area contributed by atoms with Crippen molar-refractivity contribution in [2.75, 3.05) is 32.7 Å². The number of hydrogen-bond donors (Lipinski definition) is 1. The summed E-state index contributed by atoms with van der Waals surface area (Å²) in [5.41, 5.74) is 4.71. The van der Waals surface area contributed by atoms with E-state index in [2.05, 4.69) is 9.88 Å². The van der Waals surface area contributed by atoms with Crippen LogP contribution in [0.25, 0.3) is 11.0 Å². The second-order valence-corrected chi connectivity index (χ2v) is 10.4. The van der Waals surface area contributed by atoms with Gasteiger partial charge in [0, 0.05) is 43.7 Å². The maximum Gasteiger partial charge on any atom is 0.326 e. The Morgan fingerprint density at radius 2 is 1.56 bits per heavy atom. The minimum absolute atomic E-state index is 0.0334. The Morgan fingerprint density at radius 1 is 0.949 bits per heavy atom. The number of halogens is 1. The van der Waals surface area contributed by atoms with E-state index < -0.39 is 0 Å². The molecule has 1 fully saturated rings. The van der Waals surface area contributed by atoms with Crippen LogP contribution in [0, 0.1) is 5.82 Å². The largest absolute Gasteiger partial charge is 0.339 e. The zero-order valence-electron chi connectivity index (χ0n) is 22.8. The van der Waals surface area contributed by atoms with Crippen molar-refractivity contribution in [3.05, 3.63) is 106 Å². The normalized spacial score (nSPS) is 15.5. The molecule has 1 aliphatic rings. The minimum atomic E-state index is -0.243. The van der Waals surface area contributed by atoms with Gasteiger partial charge in [0.25, 0.3) is 5.91 Å². The average molecular weight is 529 g/mol. The summed E-state index contributed by atoms with van der Waals surface area (Å²) in [5.74, 6) is -0.105. The number of carbonyl (C=O) groups is 1. The number of piperidine rings is 1. The Kier molecular flexibility index (Phi) is 8.27. The van der Waals surface area contributed by atoms with E-state index in [1.165, 1.54) is 12.1 Å². The number of nitrogens with one attached hydrogen (secondary N) is 1. The molecule has 6 nitrogen and oxygen atoms in total. The fourth-order valence-corrected chi connectivity index (χ4v) is 5.92. The average Bonchev–Trinajstić information content (AvgIpc) is 3.31. The Bertz CT molecular complexity index is 1450. The summed E-state index contributed by atoms with van der Waals surface area (Å²) in [6, 6.07) is 22.7. The fraction of sp³-hybridized carbons (Fsp3) is 0.375. The molecule has 1 aromatic heterocycles. The number of imidazole rings is 1. The van der Waals surface area contributed by atoms with Crippen LogP contribution in [-0.4, -0.2) is 58.0 Å².